The molecule has 0 saturated carbocycles. The Bertz CT molecular complexity index is 710. The molecule has 6 nitrogen and oxygen atoms in total. The Labute approximate surface area is 149 Å². The zero-order chi connectivity index (χ0) is 18.6. The third kappa shape index (κ3) is 4.21. The molecule has 0 spiro atoms. The van der Waals surface area contributed by atoms with Crippen LogP contribution in [0.1, 0.15) is 18.4 Å². The standard InChI is InChI=1S/C17H20F3N5O/c18-17(19,20)12-23-15(26)16(25-10-7-22-13-25)3-8-24(9-4-16)11-14-1-5-21-6-2-14/h1-2,5-7,10,13H,3-4,8-9,11-12H2,(H,23,26). The van der Waals surface area contributed by atoms with E-state index < -0.39 is 24.2 Å². The van der Waals surface area contributed by atoms with Gasteiger partial charge in [-0.3, -0.25) is 14.7 Å². The van der Waals surface area contributed by atoms with Gasteiger partial charge in [-0.1, -0.05) is 0 Å². The van der Waals surface area contributed by atoms with Crippen molar-refractivity contribution in [2.45, 2.75) is 31.1 Å². The molecular weight excluding hydrogens is 347 g/mol. The van der Waals surface area contributed by atoms with Crippen LogP contribution in [0.2, 0.25) is 0 Å². The molecule has 2 aromatic rings. The second kappa shape index (κ2) is 7.45. The van der Waals surface area contributed by atoms with Crippen LogP contribution in [0.5, 0.6) is 0 Å². The highest BCUT2D eigenvalue weighted by Gasteiger charge is 2.44. The quantitative estimate of drug-likeness (QED) is 0.878. The van der Waals surface area contributed by atoms with Crippen LogP contribution in [0.4, 0.5) is 13.2 Å². The maximum absolute atomic E-state index is 12.6. The van der Waals surface area contributed by atoms with Gasteiger partial charge >= 0.3 is 6.18 Å². The second-order valence-corrected chi connectivity index (χ2v) is 6.43. The monoisotopic (exact) mass is 367 g/mol. The minimum atomic E-state index is -4.44. The SMILES string of the molecule is O=C(NCC(F)(F)F)C1(n2ccnc2)CCN(Cc2ccncc2)CC1. The molecule has 1 saturated heterocycles. The predicted octanol–water partition coefficient (Wildman–Crippen LogP) is 1.95. The van der Waals surface area contributed by atoms with E-state index in [0.29, 0.717) is 32.5 Å². The first kappa shape index (κ1) is 18.4. The molecule has 0 atom stereocenters. The van der Waals surface area contributed by atoms with E-state index in [0.717, 1.165) is 5.56 Å². The van der Waals surface area contributed by atoms with Crippen LogP contribution in [0.15, 0.2) is 43.2 Å². The molecule has 0 unspecified atom stereocenters. The molecule has 0 aliphatic carbocycles. The predicted molar refractivity (Wildman–Crippen MR) is 88.0 cm³/mol. The minimum Gasteiger partial charge on any atom is -0.345 e. The fraction of sp³-hybridized carbons (Fsp3) is 0.471. The third-order valence-electron chi connectivity index (χ3n) is 4.71. The smallest absolute Gasteiger partial charge is 0.345 e. The lowest BCUT2D eigenvalue weighted by molar-refractivity contribution is -0.145. The van der Waals surface area contributed by atoms with E-state index in [1.165, 1.54) is 12.5 Å². The number of piperidine rings is 1. The zero-order valence-corrected chi connectivity index (χ0v) is 14.1. The summed E-state index contributed by atoms with van der Waals surface area (Å²) in [6.07, 6.45) is 4.49. The summed E-state index contributed by atoms with van der Waals surface area (Å²) in [4.78, 5) is 22.8. The van der Waals surface area contributed by atoms with Gasteiger partial charge in [-0.15, -0.1) is 0 Å². The number of amides is 1. The number of nitrogens with one attached hydrogen (secondary N) is 1. The van der Waals surface area contributed by atoms with Crippen molar-refractivity contribution in [1.29, 1.82) is 0 Å². The van der Waals surface area contributed by atoms with Crippen LogP contribution >= 0.6 is 0 Å². The number of alkyl halides is 3. The Balaban J connectivity index is 1.70. The molecule has 0 aromatic carbocycles. The largest absolute Gasteiger partial charge is 0.405 e. The van der Waals surface area contributed by atoms with Crippen LogP contribution in [-0.4, -0.2) is 51.2 Å². The fourth-order valence-corrected chi connectivity index (χ4v) is 3.29. The number of imidazole rings is 1. The van der Waals surface area contributed by atoms with Gasteiger partial charge in [0.2, 0.25) is 5.91 Å². The van der Waals surface area contributed by atoms with E-state index in [2.05, 4.69) is 14.9 Å². The number of hydrogen-bond donors (Lipinski definition) is 1. The Morgan fingerprint density at radius 2 is 1.85 bits per heavy atom. The van der Waals surface area contributed by atoms with Crippen molar-refractivity contribution in [3.05, 3.63) is 48.8 Å². The molecule has 3 rings (SSSR count). The van der Waals surface area contributed by atoms with Crippen LogP contribution < -0.4 is 5.32 Å². The summed E-state index contributed by atoms with van der Waals surface area (Å²) in [5, 5.41) is 2.05. The molecule has 0 bridgehead atoms. The summed E-state index contributed by atoms with van der Waals surface area (Å²) >= 11 is 0. The second-order valence-electron chi connectivity index (χ2n) is 6.43. The number of aromatic nitrogens is 3. The van der Waals surface area contributed by atoms with Gasteiger partial charge in [0.1, 0.15) is 12.1 Å². The van der Waals surface area contributed by atoms with E-state index in [4.69, 9.17) is 0 Å². The molecular formula is C17H20F3N5O. The lowest BCUT2D eigenvalue weighted by Crippen LogP contribution is -2.55. The highest BCUT2D eigenvalue weighted by atomic mass is 19.4. The molecule has 26 heavy (non-hydrogen) atoms. The van der Waals surface area contributed by atoms with Crippen molar-refractivity contribution in [2.75, 3.05) is 19.6 Å². The Morgan fingerprint density at radius 3 is 2.42 bits per heavy atom. The molecule has 1 fully saturated rings. The van der Waals surface area contributed by atoms with Crippen molar-refractivity contribution in [3.63, 3.8) is 0 Å². The third-order valence-corrected chi connectivity index (χ3v) is 4.71. The van der Waals surface area contributed by atoms with E-state index in [9.17, 15) is 18.0 Å². The first-order valence-corrected chi connectivity index (χ1v) is 8.34. The Morgan fingerprint density at radius 1 is 1.15 bits per heavy atom. The molecule has 1 aliphatic heterocycles. The van der Waals surface area contributed by atoms with Gasteiger partial charge < -0.3 is 9.88 Å². The number of carbonyl (C=O) groups excluding carboxylic acids is 1. The Hall–Kier alpha value is -2.42. The molecule has 1 amide bonds. The van der Waals surface area contributed by atoms with Gasteiger partial charge in [-0.05, 0) is 30.5 Å². The van der Waals surface area contributed by atoms with Gasteiger partial charge in [0.05, 0.1) is 6.33 Å². The molecule has 9 heteroatoms. The number of carbonyl (C=O) groups is 1. The number of pyridine rings is 1. The van der Waals surface area contributed by atoms with Gasteiger partial charge in [0.15, 0.2) is 0 Å². The Kier molecular flexibility index (Phi) is 5.26. The van der Waals surface area contributed by atoms with Crippen LogP contribution in [0.3, 0.4) is 0 Å². The number of hydrogen-bond acceptors (Lipinski definition) is 4. The van der Waals surface area contributed by atoms with Crippen LogP contribution in [0.25, 0.3) is 0 Å². The van der Waals surface area contributed by atoms with E-state index in [1.807, 2.05) is 17.4 Å². The highest BCUT2D eigenvalue weighted by Crippen LogP contribution is 2.31. The van der Waals surface area contributed by atoms with Crippen molar-refractivity contribution >= 4 is 5.91 Å². The van der Waals surface area contributed by atoms with E-state index in [1.54, 1.807) is 23.2 Å². The minimum absolute atomic E-state index is 0.415. The van der Waals surface area contributed by atoms with Gasteiger partial charge in [-0.25, -0.2) is 4.98 Å². The first-order valence-electron chi connectivity index (χ1n) is 8.34. The summed E-state index contributed by atoms with van der Waals surface area (Å²) in [6, 6.07) is 3.85. The number of likely N-dealkylation sites (tertiary alicyclic amines) is 1. The normalized spacial score (nSPS) is 17.8. The average molecular weight is 367 g/mol. The van der Waals surface area contributed by atoms with Crippen molar-refractivity contribution < 1.29 is 18.0 Å². The maximum Gasteiger partial charge on any atom is 0.405 e. The molecule has 1 N–H and O–H groups in total. The number of halogens is 3. The zero-order valence-electron chi connectivity index (χ0n) is 14.1. The highest BCUT2D eigenvalue weighted by molar-refractivity contribution is 5.84. The van der Waals surface area contributed by atoms with Crippen molar-refractivity contribution in [1.82, 2.24) is 24.8 Å². The van der Waals surface area contributed by atoms with E-state index >= 15 is 0 Å². The summed E-state index contributed by atoms with van der Waals surface area (Å²) in [7, 11) is 0. The lowest BCUT2D eigenvalue weighted by atomic mass is 9.85. The van der Waals surface area contributed by atoms with Gasteiger partial charge in [-0.2, -0.15) is 13.2 Å². The molecule has 140 valence electrons. The lowest BCUT2D eigenvalue weighted by Gasteiger charge is -2.41. The molecule has 0 radical (unpaired) electrons. The summed E-state index contributed by atoms with van der Waals surface area (Å²) in [6.45, 7) is 0.579. The van der Waals surface area contributed by atoms with E-state index in [-0.39, 0.29) is 0 Å². The topological polar surface area (TPSA) is 63.1 Å². The molecule has 3 heterocycles. The fourth-order valence-electron chi connectivity index (χ4n) is 3.29. The average Bonchev–Trinajstić information content (AvgIpc) is 3.16. The van der Waals surface area contributed by atoms with Gasteiger partial charge in [0, 0.05) is 44.4 Å². The maximum atomic E-state index is 12.6. The van der Waals surface area contributed by atoms with Crippen molar-refractivity contribution in [3.8, 4) is 0 Å². The number of nitrogens with zero attached hydrogens (tertiary/aromatic N) is 4. The number of rotatable bonds is 5. The van der Waals surface area contributed by atoms with Gasteiger partial charge in [0.25, 0.3) is 0 Å². The summed E-state index contributed by atoms with van der Waals surface area (Å²) < 4.78 is 39.2. The van der Waals surface area contributed by atoms with Crippen LogP contribution in [0, 0.1) is 0 Å². The first-order chi connectivity index (χ1) is 12.4. The van der Waals surface area contributed by atoms with Crippen molar-refractivity contribution in [2.24, 2.45) is 0 Å². The molecule has 1 aliphatic rings. The summed E-state index contributed by atoms with van der Waals surface area (Å²) in [5.41, 5.74) is 0.0629. The molecule has 2 aromatic heterocycles. The summed E-state index contributed by atoms with van der Waals surface area (Å²) in [5.74, 6) is -0.614. The van der Waals surface area contributed by atoms with Crippen LogP contribution in [-0.2, 0) is 16.9 Å².